The van der Waals surface area contributed by atoms with Crippen molar-refractivity contribution >= 4 is 24.2 Å². The first-order chi connectivity index (χ1) is 7.77. The third kappa shape index (κ3) is 3.85. The molecule has 2 fully saturated rings. The number of carbonyl (C=O) groups excluding carboxylic acids is 2. The second-order valence-electron chi connectivity index (χ2n) is 4.50. The molecule has 98 valence electrons. The van der Waals surface area contributed by atoms with Crippen LogP contribution >= 0.6 is 12.4 Å². The van der Waals surface area contributed by atoms with Gasteiger partial charge >= 0.3 is 0 Å². The predicted molar refractivity (Wildman–Crippen MR) is 67.0 cm³/mol. The first-order valence-electron chi connectivity index (χ1n) is 6.03. The van der Waals surface area contributed by atoms with Crippen LogP contribution in [0.15, 0.2) is 0 Å². The quantitative estimate of drug-likeness (QED) is 0.737. The van der Waals surface area contributed by atoms with E-state index in [0.29, 0.717) is 0 Å². The van der Waals surface area contributed by atoms with E-state index in [2.05, 4.69) is 10.6 Å². The fraction of sp³-hybridized carbons (Fsp3) is 0.818. The lowest BCUT2D eigenvalue weighted by Crippen LogP contribution is -2.41. The van der Waals surface area contributed by atoms with Crippen LogP contribution in [0.5, 0.6) is 0 Å². The monoisotopic (exact) mass is 261 g/mol. The van der Waals surface area contributed by atoms with E-state index < -0.39 is 0 Å². The summed E-state index contributed by atoms with van der Waals surface area (Å²) in [5.74, 6) is 0.112. The second kappa shape index (κ2) is 6.81. The maximum Gasteiger partial charge on any atom is 0.241 e. The molecule has 2 saturated heterocycles. The van der Waals surface area contributed by atoms with E-state index >= 15 is 0 Å². The van der Waals surface area contributed by atoms with Crippen LogP contribution in [-0.2, 0) is 9.59 Å². The SMILES string of the molecule is Cl.O=C(NCC(=O)N1CCCC1)C1CCNC1. The number of likely N-dealkylation sites (tertiary alicyclic amines) is 1. The van der Waals surface area contributed by atoms with Gasteiger partial charge in [-0.25, -0.2) is 0 Å². The molecule has 0 bridgehead atoms. The van der Waals surface area contributed by atoms with Crippen LogP contribution in [0, 0.1) is 5.92 Å². The van der Waals surface area contributed by atoms with Crippen molar-refractivity contribution in [2.24, 2.45) is 5.92 Å². The third-order valence-electron chi connectivity index (χ3n) is 3.30. The zero-order valence-corrected chi connectivity index (χ0v) is 10.7. The van der Waals surface area contributed by atoms with Gasteiger partial charge in [0.15, 0.2) is 0 Å². The van der Waals surface area contributed by atoms with Gasteiger partial charge in [0, 0.05) is 19.6 Å². The lowest BCUT2D eigenvalue weighted by atomic mass is 10.1. The van der Waals surface area contributed by atoms with Crippen LogP contribution in [0.4, 0.5) is 0 Å². The molecule has 17 heavy (non-hydrogen) atoms. The summed E-state index contributed by atoms with van der Waals surface area (Å²) in [5.41, 5.74) is 0. The van der Waals surface area contributed by atoms with Gasteiger partial charge in [-0.2, -0.15) is 0 Å². The molecular formula is C11H20ClN3O2. The highest BCUT2D eigenvalue weighted by atomic mass is 35.5. The minimum absolute atomic E-state index is 0. The minimum atomic E-state index is 0. The van der Waals surface area contributed by atoms with Crippen molar-refractivity contribution in [3.63, 3.8) is 0 Å². The van der Waals surface area contributed by atoms with Gasteiger partial charge < -0.3 is 15.5 Å². The van der Waals surface area contributed by atoms with Crippen molar-refractivity contribution < 1.29 is 9.59 Å². The van der Waals surface area contributed by atoms with E-state index in [4.69, 9.17) is 0 Å². The summed E-state index contributed by atoms with van der Waals surface area (Å²) in [5, 5.41) is 5.87. The Kier molecular flexibility index (Phi) is 5.71. The molecule has 1 unspecified atom stereocenters. The Hall–Kier alpha value is -0.810. The first-order valence-corrected chi connectivity index (χ1v) is 6.03. The number of amides is 2. The summed E-state index contributed by atoms with van der Waals surface area (Å²) in [4.78, 5) is 25.1. The van der Waals surface area contributed by atoms with Crippen LogP contribution in [0.3, 0.4) is 0 Å². The number of hydrogen-bond donors (Lipinski definition) is 2. The van der Waals surface area contributed by atoms with E-state index in [9.17, 15) is 9.59 Å². The Labute approximate surface area is 108 Å². The molecule has 2 rings (SSSR count). The molecule has 2 amide bonds. The highest BCUT2D eigenvalue weighted by molar-refractivity contribution is 5.86. The van der Waals surface area contributed by atoms with Gasteiger partial charge in [-0.3, -0.25) is 9.59 Å². The van der Waals surface area contributed by atoms with Crippen molar-refractivity contribution in [1.29, 1.82) is 0 Å². The molecule has 2 heterocycles. The fourth-order valence-electron chi connectivity index (χ4n) is 2.26. The van der Waals surface area contributed by atoms with Gasteiger partial charge in [0.1, 0.15) is 0 Å². The summed E-state index contributed by atoms with van der Waals surface area (Å²) in [6.07, 6.45) is 3.06. The highest BCUT2D eigenvalue weighted by Crippen LogP contribution is 2.08. The normalized spacial score (nSPS) is 23.3. The molecule has 2 N–H and O–H groups in total. The van der Waals surface area contributed by atoms with Crippen LogP contribution in [0.1, 0.15) is 19.3 Å². The number of nitrogens with one attached hydrogen (secondary N) is 2. The number of halogens is 1. The molecule has 6 heteroatoms. The van der Waals surface area contributed by atoms with E-state index in [1.54, 1.807) is 0 Å². The average Bonchev–Trinajstić information content (AvgIpc) is 2.95. The van der Waals surface area contributed by atoms with Crippen molar-refractivity contribution in [2.75, 3.05) is 32.7 Å². The summed E-state index contributed by atoms with van der Waals surface area (Å²) in [7, 11) is 0. The van der Waals surface area contributed by atoms with Gasteiger partial charge in [0.25, 0.3) is 0 Å². The highest BCUT2D eigenvalue weighted by Gasteiger charge is 2.24. The van der Waals surface area contributed by atoms with E-state index in [0.717, 1.165) is 45.4 Å². The number of nitrogens with zero attached hydrogens (tertiary/aromatic N) is 1. The maximum atomic E-state index is 11.7. The number of carbonyl (C=O) groups is 2. The van der Waals surface area contributed by atoms with Crippen molar-refractivity contribution in [3.8, 4) is 0 Å². The maximum absolute atomic E-state index is 11.7. The largest absolute Gasteiger partial charge is 0.347 e. The van der Waals surface area contributed by atoms with Crippen LogP contribution in [0.2, 0.25) is 0 Å². The molecule has 0 aromatic heterocycles. The summed E-state index contributed by atoms with van der Waals surface area (Å²) < 4.78 is 0. The van der Waals surface area contributed by atoms with Gasteiger partial charge in [-0.1, -0.05) is 0 Å². The van der Waals surface area contributed by atoms with Gasteiger partial charge in [0.2, 0.25) is 11.8 Å². The molecule has 1 atom stereocenters. The predicted octanol–water partition coefficient (Wildman–Crippen LogP) is -0.244. The first kappa shape index (κ1) is 14.3. The summed E-state index contributed by atoms with van der Waals surface area (Å²) in [6.45, 7) is 3.50. The summed E-state index contributed by atoms with van der Waals surface area (Å²) >= 11 is 0. The molecule has 0 aromatic carbocycles. The van der Waals surface area contributed by atoms with Crippen molar-refractivity contribution in [3.05, 3.63) is 0 Å². The van der Waals surface area contributed by atoms with E-state index in [1.807, 2.05) is 4.90 Å². The van der Waals surface area contributed by atoms with Crippen molar-refractivity contribution in [1.82, 2.24) is 15.5 Å². The molecule has 2 aliphatic heterocycles. The molecular weight excluding hydrogens is 242 g/mol. The summed E-state index contributed by atoms with van der Waals surface area (Å²) in [6, 6.07) is 0. The number of rotatable bonds is 3. The second-order valence-corrected chi connectivity index (χ2v) is 4.50. The third-order valence-corrected chi connectivity index (χ3v) is 3.30. The minimum Gasteiger partial charge on any atom is -0.347 e. The van der Waals surface area contributed by atoms with Gasteiger partial charge in [-0.05, 0) is 25.8 Å². The lowest BCUT2D eigenvalue weighted by Gasteiger charge is -2.16. The topological polar surface area (TPSA) is 61.4 Å². The average molecular weight is 262 g/mol. The molecule has 2 aliphatic rings. The molecule has 0 spiro atoms. The molecule has 0 aromatic rings. The fourth-order valence-corrected chi connectivity index (χ4v) is 2.26. The molecule has 0 radical (unpaired) electrons. The Morgan fingerprint density at radius 2 is 2.00 bits per heavy atom. The van der Waals surface area contributed by atoms with E-state index in [1.165, 1.54) is 0 Å². The van der Waals surface area contributed by atoms with Gasteiger partial charge in [-0.15, -0.1) is 12.4 Å². The van der Waals surface area contributed by atoms with Crippen molar-refractivity contribution in [2.45, 2.75) is 19.3 Å². The molecule has 0 aliphatic carbocycles. The Bertz CT molecular complexity index is 246. The van der Waals surface area contributed by atoms with Crippen LogP contribution < -0.4 is 10.6 Å². The van der Waals surface area contributed by atoms with Gasteiger partial charge in [0.05, 0.1) is 12.5 Å². The zero-order chi connectivity index (χ0) is 11.4. The smallest absolute Gasteiger partial charge is 0.241 e. The van der Waals surface area contributed by atoms with Crippen LogP contribution in [-0.4, -0.2) is 49.4 Å². The van der Waals surface area contributed by atoms with Crippen LogP contribution in [0.25, 0.3) is 0 Å². The Balaban J connectivity index is 0.00000144. The standard InChI is InChI=1S/C11H19N3O2.ClH/c15-10(14-5-1-2-6-14)8-13-11(16)9-3-4-12-7-9;/h9,12H,1-8H2,(H,13,16);1H. The molecule has 0 saturated carbocycles. The molecule has 5 nitrogen and oxygen atoms in total. The lowest BCUT2D eigenvalue weighted by molar-refractivity contribution is -0.133. The zero-order valence-electron chi connectivity index (χ0n) is 9.91. The van der Waals surface area contributed by atoms with E-state index in [-0.39, 0.29) is 36.7 Å². The Morgan fingerprint density at radius 3 is 2.59 bits per heavy atom. The Morgan fingerprint density at radius 1 is 1.29 bits per heavy atom. The number of hydrogen-bond acceptors (Lipinski definition) is 3.